The van der Waals surface area contributed by atoms with Gasteiger partial charge in [0.2, 0.25) is 0 Å². The number of unbranched alkanes of at least 4 members (excludes halogenated alkanes) is 5. The highest BCUT2D eigenvalue weighted by Crippen LogP contribution is 2.22. The van der Waals surface area contributed by atoms with Gasteiger partial charge in [-0.15, -0.1) is 0 Å². The Morgan fingerprint density at radius 1 is 1.11 bits per heavy atom. The number of hydrogen-bond acceptors (Lipinski definition) is 3. The van der Waals surface area contributed by atoms with E-state index in [1.54, 1.807) is 12.4 Å². The average Bonchev–Trinajstić information content (AvgIpc) is 2.45. The third-order valence-corrected chi connectivity index (χ3v) is 3.71. The predicted molar refractivity (Wildman–Crippen MR) is 80.0 cm³/mol. The molecular formula is C16H28N2O. The third-order valence-electron chi connectivity index (χ3n) is 3.71. The fraction of sp³-hybridized carbons (Fsp3) is 0.688. The second-order valence-electron chi connectivity index (χ2n) is 5.25. The molecule has 1 aromatic rings. The Morgan fingerprint density at radius 2 is 1.74 bits per heavy atom. The molecule has 0 aliphatic carbocycles. The van der Waals surface area contributed by atoms with Gasteiger partial charge < -0.3 is 10.8 Å². The normalized spacial score (nSPS) is 14.3. The maximum Gasteiger partial charge on any atom is 0.0620 e. The smallest absolute Gasteiger partial charge is 0.0620 e. The fourth-order valence-corrected chi connectivity index (χ4v) is 2.46. The van der Waals surface area contributed by atoms with Gasteiger partial charge >= 0.3 is 0 Å². The monoisotopic (exact) mass is 264 g/mol. The second-order valence-corrected chi connectivity index (χ2v) is 5.25. The minimum Gasteiger partial charge on any atom is -0.392 e. The average molecular weight is 264 g/mol. The number of aromatic nitrogens is 1. The minimum absolute atomic E-state index is 0.0404. The van der Waals surface area contributed by atoms with E-state index in [0.29, 0.717) is 6.54 Å². The Hall–Kier alpha value is -0.930. The molecule has 0 bridgehead atoms. The molecule has 2 unspecified atom stereocenters. The Balaban J connectivity index is 2.28. The zero-order valence-corrected chi connectivity index (χ0v) is 12.1. The van der Waals surface area contributed by atoms with Crippen LogP contribution >= 0.6 is 0 Å². The molecule has 0 saturated heterocycles. The lowest BCUT2D eigenvalue weighted by atomic mass is 9.91. The number of aliphatic hydroxyl groups excluding tert-OH is 1. The summed E-state index contributed by atoms with van der Waals surface area (Å²) in [6.45, 7) is 2.71. The van der Waals surface area contributed by atoms with E-state index in [1.807, 2.05) is 12.1 Å². The maximum absolute atomic E-state index is 10.3. The van der Waals surface area contributed by atoms with Crippen molar-refractivity contribution in [2.24, 2.45) is 5.73 Å². The molecule has 108 valence electrons. The van der Waals surface area contributed by atoms with Crippen molar-refractivity contribution in [3.05, 3.63) is 30.1 Å². The summed E-state index contributed by atoms with van der Waals surface area (Å²) >= 11 is 0. The van der Waals surface area contributed by atoms with Gasteiger partial charge in [-0.05, 0) is 24.1 Å². The van der Waals surface area contributed by atoms with Crippen LogP contribution in [0.3, 0.4) is 0 Å². The van der Waals surface area contributed by atoms with E-state index in [9.17, 15) is 5.11 Å². The van der Waals surface area contributed by atoms with E-state index >= 15 is 0 Å². The van der Waals surface area contributed by atoms with Gasteiger partial charge in [-0.3, -0.25) is 4.98 Å². The van der Waals surface area contributed by atoms with Crippen molar-refractivity contribution < 1.29 is 5.11 Å². The van der Waals surface area contributed by atoms with E-state index in [-0.39, 0.29) is 12.0 Å². The third kappa shape index (κ3) is 6.17. The van der Waals surface area contributed by atoms with Gasteiger partial charge in [0.25, 0.3) is 0 Å². The van der Waals surface area contributed by atoms with Crippen molar-refractivity contribution in [3.8, 4) is 0 Å². The van der Waals surface area contributed by atoms with Crippen LogP contribution in [0, 0.1) is 0 Å². The Morgan fingerprint density at radius 3 is 2.37 bits per heavy atom. The van der Waals surface area contributed by atoms with Gasteiger partial charge in [-0.2, -0.15) is 0 Å². The molecule has 3 nitrogen and oxygen atoms in total. The summed E-state index contributed by atoms with van der Waals surface area (Å²) in [7, 11) is 0. The Labute approximate surface area is 117 Å². The minimum atomic E-state index is -0.335. The first-order valence-corrected chi connectivity index (χ1v) is 7.57. The summed E-state index contributed by atoms with van der Waals surface area (Å²) < 4.78 is 0. The number of pyridine rings is 1. The lowest BCUT2D eigenvalue weighted by molar-refractivity contribution is 0.132. The van der Waals surface area contributed by atoms with E-state index in [0.717, 1.165) is 18.4 Å². The lowest BCUT2D eigenvalue weighted by Crippen LogP contribution is -2.25. The number of hydrogen-bond donors (Lipinski definition) is 2. The molecule has 1 rings (SSSR count). The van der Waals surface area contributed by atoms with Gasteiger partial charge in [0.05, 0.1) is 6.10 Å². The van der Waals surface area contributed by atoms with E-state index in [1.165, 1.54) is 32.1 Å². The molecule has 0 fully saturated rings. The Bertz CT molecular complexity index is 316. The zero-order chi connectivity index (χ0) is 13.9. The molecule has 0 radical (unpaired) electrons. The molecule has 1 aromatic heterocycles. The Kier molecular flexibility index (Phi) is 8.43. The molecule has 0 aromatic carbocycles. The summed E-state index contributed by atoms with van der Waals surface area (Å²) in [5.74, 6) is 0.0404. The molecule has 0 spiro atoms. The van der Waals surface area contributed by atoms with E-state index in [4.69, 9.17) is 5.73 Å². The molecule has 0 aliphatic heterocycles. The maximum atomic E-state index is 10.3. The second kappa shape index (κ2) is 9.93. The van der Waals surface area contributed by atoms with Crippen LogP contribution in [0.25, 0.3) is 0 Å². The molecule has 19 heavy (non-hydrogen) atoms. The van der Waals surface area contributed by atoms with Gasteiger partial charge in [-0.25, -0.2) is 0 Å². The topological polar surface area (TPSA) is 59.1 Å². The fourth-order valence-electron chi connectivity index (χ4n) is 2.46. The van der Waals surface area contributed by atoms with Gasteiger partial charge in [-0.1, -0.05) is 45.4 Å². The SMILES string of the molecule is CCCCCCCCC(O)C(CN)c1ccncc1. The number of aliphatic hydroxyl groups is 1. The van der Waals surface area contributed by atoms with Crippen molar-refractivity contribution in [2.45, 2.75) is 63.9 Å². The molecule has 0 saturated carbocycles. The highest BCUT2D eigenvalue weighted by atomic mass is 16.3. The summed E-state index contributed by atoms with van der Waals surface area (Å²) in [5.41, 5.74) is 6.89. The van der Waals surface area contributed by atoms with Gasteiger partial charge in [0, 0.05) is 24.9 Å². The van der Waals surface area contributed by atoms with E-state index < -0.39 is 0 Å². The molecule has 1 heterocycles. The highest BCUT2D eigenvalue weighted by molar-refractivity contribution is 5.17. The van der Waals surface area contributed by atoms with Gasteiger partial charge in [0.15, 0.2) is 0 Å². The highest BCUT2D eigenvalue weighted by Gasteiger charge is 2.19. The quantitative estimate of drug-likeness (QED) is 0.638. The zero-order valence-electron chi connectivity index (χ0n) is 12.1. The molecular weight excluding hydrogens is 236 g/mol. The van der Waals surface area contributed by atoms with Crippen molar-refractivity contribution in [1.29, 1.82) is 0 Å². The molecule has 2 atom stereocenters. The summed E-state index contributed by atoms with van der Waals surface area (Å²) in [5, 5.41) is 10.3. The van der Waals surface area contributed by atoms with Crippen molar-refractivity contribution in [3.63, 3.8) is 0 Å². The van der Waals surface area contributed by atoms with Gasteiger partial charge in [0.1, 0.15) is 0 Å². The van der Waals surface area contributed by atoms with Crippen molar-refractivity contribution in [1.82, 2.24) is 4.98 Å². The molecule has 0 amide bonds. The standard InChI is InChI=1S/C16H28N2O/c1-2-3-4-5-6-7-8-16(19)15(13-17)14-9-11-18-12-10-14/h9-12,15-16,19H,2-8,13,17H2,1H3. The predicted octanol–water partition coefficient (Wildman–Crippen LogP) is 3.24. The first kappa shape index (κ1) is 16.1. The first-order chi connectivity index (χ1) is 9.29. The van der Waals surface area contributed by atoms with Crippen LogP contribution in [-0.4, -0.2) is 22.7 Å². The first-order valence-electron chi connectivity index (χ1n) is 7.57. The van der Waals surface area contributed by atoms with Crippen LogP contribution in [0.4, 0.5) is 0 Å². The van der Waals surface area contributed by atoms with Crippen LogP contribution in [0.1, 0.15) is 63.4 Å². The van der Waals surface area contributed by atoms with Crippen LogP contribution in [0.2, 0.25) is 0 Å². The molecule has 3 N–H and O–H groups in total. The summed E-state index contributed by atoms with van der Waals surface area (Å²) in [4.78, 5) is 4.00. The van der Waals surface area contributed by atoms with Crippen LogP contribution < -0.4 is 5.73 Å². The summed E-state index contributed by atoms with van der Waals surface area (Å²) in [6, 6.07) is 3.89. The summed E-state index contributed by atoms with van der Waals surface area (Å²) in [6.07, 6.45) is 11.5. The van der Waals surface area contributed by atoms with Crippen LogP contribution in [-0.2, 0) is 0 Å². The van der Waals surface area contributed by atoms with Crippen LogP contribution in [0.5, 0.6) is 0 Å². The van der Waals surface area contributed by atoms with Crippen molar-refractivity contribution >= 4 is 0 Å². The molecule has 3 heteroatoms. The van der Waals surface area contributed by atoms with Crippen LogP contribution in [0.15, 0.2) is 24.5 Å². The number of rotatable bonds is 10. The molecule has 0 aliphatic rings. The number of nitrogens with zero attached hydrogens (tertiary/aromatic N) is 1. The number of nitrogens with two attached hydrogens (primary N) is 1. The largest absolute Gasteiger partial charge is 0.392 e. The lowest BCUT2D eigenvalue weighted by Gasteiger charge is -2.21. The van der Waals surface area contributed by atoms with Crippen molar-refractivity contribution in [2.75, 3.05) is 6.54 Å². The van der Waals surface area contributed by atoms with E-state index in [2.05, 4.69) is 11.9 Å².